The van der Waals surface area contributed by atoms with Crippen molar-refractivity contribution in [1.29, 1.82) is 0 Å². The number of aryl methyl sites for hydroxylation is 1. The van der Waals surface area contributed by atoms with Gasteiger partial charge in [0.15, 0.2) is 5.17 Å². The summed E-state index contributed by atoms with van der Waals surface area (Å²) >= 11 is 1.90. The lowest BCUT2D eigenvalue weighted by Gasteiger charge is -2.34. The van der Waals surface area contributed by atoms with Gasteiger partial charge in [0.1, 0.15) is 0 Å². The van der Waals surface area contributed by atoms with Gasteiger partial charge < -0.3 is 4.90 Å². The van der Waals surface area contributed by atoms with Crippen LogP contribution in [0.4, 0.5) is 0 Å². The van der Waals surface area contributed by atoms with Gasteiger partial charge in [0.2, 0.25) is 0 Å². The fraction of sp³-hybridized carbons (Fsp3) is 0.350. The van der Waals surface area contributed by atoms with E-state index in [0.29, 0.717) is 6.04 Å². The van der Waals surface area contributed by atoms with Crippen LogP contribution in [0.1, 0.15) is 36.1 Å². The van der Waals surface area contributed by atoms with Gasteiger partial charge in [0.05, 0.1) is 6.04 Å². The molecule has 0 saturated heterocycles. The normalized spacial score (nSPS) is 15.8. The Morgan fingerprint density at radius 2 is 1.83 bits per heavy atom. The number of benzene rings is 2. The summed E-state index contributed by atoms with van der Waals surface area (Å²) in [6, 6.07) is 19.7. The van der Waals surface area contributed by atoms with Crippen LogP contribution in [0.15, 0.2) is 59.6 Å². The van der Waals surface area contributed by atoms with Crippen LogP contribution in [0.3, 0.4) is 0 Å². The molecule has 2 nitrogen and oxygen atoms in total. The Balaban J connectivity index is 1.90. The number of aliphatic imine (C=N–C) groups is 1. The average Bonchev–Trinajstić information content (AvgIpc) is 2.62. The molecular formula is C20H24N2S. The van der Waals surface area contributed by atoms with Gasteiger partial charge in [0, 0.05) is 18.8 Å². The molecule has 0 amide bonds. The minimum Gasteiger partial charge on any atom is -0.340 e. The fourth-order valence-corrected chi connectivity index (χ4v) is 3.90. The molecule has 120 valence electrons. The molecule has 0 fully saturated rings. The van der Waals surface area contributed by atoms with Crippen molar-refractivity contribution in [3.05, 3.63) is 71.3 Å². The highest BCUT2D eigenvalue weighted by molar-refractivity contribution is 8.13. The van der Waals surface area contributed by atoms with Crippen molar-refractivity contribution < 1.29 is 0 Å². The maximum Gasteiger partial charge on any atom is 0.159 e. The lowest BCUT2D eigenvalue weighted by atomic mass is 10.0. The first-order valence-corrected chi connectivity index (χ1v) is 9.27. The van der Waals surface area contributed by atoms with Crippen molar-refractivity contribution in [2.75, 3.05) is 12.3 Å². The van der Waals surface area contributed by atoms with Gasteiger partial charge in [-0.05, 0) is 37.0 Å². The Labute approximate surface area is 143 Å². The van der Waals surface area contributed by atoms with Crippen LogP contribution < -0.4 is 0 Å². The van der Waals surface area contributed by atoms with Crippen LogP contribution in [0.5, 0.6) is 0 Å². The smallest absolute Gasteiger partial charge is 0.159 e. The zero-order chi connectivity index (χ0) is 16.1. The molecule has 1 heterocycles. The van der Waals surface area contributed by atoms with Crippen molar-refractivity contribution in [2.45, 2.75) is 32.9 Å². The summed E-state index contributed by atoms with van der Waals surface area (Å²) in [7, 11) is 0. The zero-order valence-electron chi connectivity index (χ0n) is 13.9. The Morgan fingerprint density at radius 3 is 2.52 bits per heavy atom. The summed E-state index contributed by atoms with van der Waals surface area (Å²) in [6.45, 7) is 6.34. The molecule has 2 aromatic rings. The Kier molecular flexibility index (Phi) is 5.39. The number of thioether (sulfide) groups is 1. The zero-order valence-corrected chi connectivity index (χ0v) is 14.7. The van der Waals surface area contributed by atoms with E-state index in [4.69, 9.17) is 4.99 Å². The minimum atomic E-state index is 0.320. The van der Waals surface area contributed by atoms with Crippen LogP contribution in [0.25, 0.3) is 0 Å². The monoisotopic (exact) mass is 324 g/mol. The number of hydrogen-bond acceptors (Lipinski definition) is 3. The quantitative estimate of drug-likeness (QED) is 0.782. The van der Waals surface area contributed by atoms with Crippen molar-refractivity contribution in [2.24, 2.45) is 4.99 Å². The first-order valence-electron chi connectivity index (χ1n) is 8.29. The molecule has 1 atom stereocenters. The van der Waals surface area contributed by atoms with E-state index in [9.17, 15) is 0 Å². The van der Waals surface area contributed by atoms with E-state index in [-0.39, 0.29) is 0 Å². The van der Waals surface area contributed by atoms with E-state index < -0.39 is 0 Å². The lowest BCUT2D eigenvalue weighted by molar-refractivity contribution is 0.334. The second-order valence-electron chi connectivity index (χ2n) is 6.01. The molecule has 1 aliphatic heterocycles. The molecule has 0 aliphatic carbocycles. The molecule has 3 heteroatoms. The molecule has 23 heavy (non-hydrogen) atoms. The van der Waals surface area contributed by atoms with Gasteiger partial charge >= 0.3 is 0 Å². The van der Waals surface area contributed by atoms with Gasteiger partial charge in [-0.2, -0.15) is 0 Å². The highest BCUT2D eigenvalue weighted by Gasteiger charge is 2.22. The number of amidine groups is 1. The van der Waals surface area contributed by atoms with Gasteiger partial charge in [-0.25, -0.2) is 0 Å². The second-order valence-corrected chi connectivity index (χ2v) is 7.07. The highest BCUT2D eigenvalue weighted by Crippen LogP contribution is 2.28. The Morgan fingerprint density at radius 1 is 1.09 bits per heavy atom. The molecule has 0 spiro atoms. The SMILES string of the molecule is Cc1ccccc1CN(C1=NCCCS1)C(C)c1ccccc1. The van der Waals surface area contributed by atoms with Crippen molar-refractivity contribution in [1.82, 2.24) is 4.90 Å². The van der Waals surface area contributed by atoms with Gasteiger partial charge in [0.25, 0.3) is 0 Å². The van der Waals surface area contributed by atoms with Crippen LogP contribution >= 0.6 is 11.8 Å². The Hall–Kier alpha value is -1.74. The number of rotatable bonds is 4. The maximum absolute atomic E-state index is 4.81. The standard InChI is InChI=1S/C20H24N2S/c1-16-9-6-7-12-19(16)15-22(20-21-13-8-14-23-20)17(2)18-10-4-3-5-11-18/h3-7,9-12,17H,8,13-15H2,1-2H3. The molecular weight excluding hydrogens is 300 g/mol. The van der Waals surface area contributed by atoms with Crippen molar-refractivity contribution in [3.63, 3.8) is 0 Å². The lowest BCUT2D eigenvalue weighted by Crippen LogP contribution is -2.33. The third-order valence-corrected chi connectivity index (χ3v) is 5.49. The largest absolute Gasteiger partial charge is 0.340 e. The summed E-state index contributed by atoms with van der Waals surface area (Å²) in [5, 5.41) is 1.19. The summed E-state index contributed by atoms with van der Waals surface area (Å²) < 4.78 is 0. The van der Waals surface area contributed by atoms with Crippen molar-refractivity contribution in [3.8, 4) is 0 Å². The van der Waals surface area contributed by atoms with Gasteiger partial charge in [-0.1, -0.05) is 66.4 Å². The van der Waals surface area contributed by atoms with E-state index in [1.807, 2.05) is 11.8 Å². The first kappa shape index (κ1) is 16.1. The minimum absolute atomic E-state index is 0.320. The summed E-state index contributed by atoms with van der Waals surface area (Å²) in [6.07, 6.45) is 1.19. The topological polar surface area (TPSA) is 15.6 Å². The third kappa shape index (κ3) is 3.97. The second kappa shape index (κ2) is 7.69. The van der Waals surface area contributed by atoms with E-state index in [1.165, 1.54) is 34.0 Å². The summed E-state index contributed by atoms with van der Waals surface area (Å²) in [4.78, 5) is 7.27. The molecule has 1 aliphatic rings. The van der Waals surface area contributed by atoms with E-state index in [1.54, 1.807) is 0 Å². The number of hydrogen-bond donors (Lipinski definition) is 0. The van der Waals surface area contributed by atoms with Crippen molar-refractivity contribution >= 4 is 16.9 Å². The predicted octanol–water partition coefficient (Wildman–Crippen LogP) is 5.05. The summed E-state index contributed by atoms with van der Waals surface area (Å²) in [5.41, 5.74) is 4.07. The van der Waals surface area contributed by atoms with Crippen LogP contribution in [0, 0.1) is 6.92 Å². The van der Waals surface area contributed by atoms with Crippen LogP contribution in [-0.4, -0.2) is 22.4 Å². The van der Waals surface area contributed by atoms with Crippen LogP contribution in [0.2, 0.25) is 0 Å². The van der Waals surface area contributed by atoms with Gasteiger partial charge in [-0.15, -0.1) is 0 Å². The van der Waals surface area contributed by atoms with Gasteiger partial charge in [-0.3, -0.25) is 4.99 Å². The van der Waals surface area contributed by atoms with E-state index in [0.717, 1.165) is 13.1 Å². The molecule has 0 radical (unpaired) electrons. The number of nitrogens with zero attached hydrogens (tertiary/aromatic N) is 2. The van der Waals surface area contributed by atoms with Crippen LogP contribution in [-0.2, 0) is 6.54 Å². The molecule has 0 bridgehead atoms. The Bertz CT molecular complexity index is 666. The summed E-state index contributed by atoms with van der Waals surface area (Å²) in [5.74, 6) is 1.17. The average molecular weight is 324 g/mol. The highest BCUT2D eigenvalue weighted by atomic mass is 32.2. The maximum atomic E-state index is 4.81. The molecule has 0 N–H and O–H groups in total. The molecule has 0 saturated carbocycles. The van der Waals surface area contributed by atoms with E-state index >= 15 is 0 Å². The molecule has 0 aromatic heterocycles. The molecule has 1 unspecified atom stereocenters. The van der Waals surface area contributed by atoms with E-state index in [2.05, 4.69) is 73.3 Å². The first-order chi connectivity index (χ1) is 11.3. The molecule has 3 rings (SSSR count). The molecule has 2 aromatic carbocycles. The fourth-order valence-electron chi connectivity index (χ4n) is 2.87. The predicted molar refractivity (Wildman–Crippen MR) is 101 cm³/mol. The third-order valence-electron chi connectivity index (χ3n) is 4.38.